The number of anilines is 1. The molecule has 6 nitrogen and oxygen atoms in total. The number of fused-ring (bicyclic) bond motifs is 2. The van der Waals surface area contributed by atoms with Gasteiger partial charge in [-0.2, -0.15) is 0 Å². The van der Waals surface area contributed by atoms with Crippen molar-refractivity contribution in [1.82, 2.24) is 9.47 Å². The molecule has 3 heterocycles. The molecule has 0 unspecified atom stereocenters. The summed E-state index contributed by atoms with van der Waals surface area (Å²) in [6.07, 6.45) is 10.5. The molecule has 0 amide bonds. The summed E-state index contributed by atoms with van der Waals surface area (Å²) >= 11 is 1.81. The first kappa shape index (κ1) is 36.4. The van der Waals surface area contributed by atoms with Crippen molar-refractivity contribution in [1.29, 1.82) is 0 Å². The summed E-state index contributed by atoms with van der Waals surface area (Å²) in [6, 6.07) is 27.9. The van der Waals surface area contributed by atoms with Gasteiger partial charge in [0.05, 0.1) is 17.9 Å². The number of rotatable bonds is 14. The molecule has 0 bridgehead atoms. The highest BCUT2D eigenvalue weighted by molar-refractivity contribution is 7.17. The van der Waals surface area contributed by atoms with Gasteiger partial charge in [-0.25, -0.2) is 0 Å². The molecule has 50 heavy (non-hydrogen) atoms. The molecule has 1 aliphatic rings. The summed E-state index contributed by atoms with van der Waals surface area (Å²) < 4.78 is 15.1. The highest BCUT2D eigenvalue weighted by Crippen LogP contribution is 2.31. The molecule has 6 rings (SSSR count). The van der Waals surface area contributed by atoms with E-state index in [1.165, 1.54) is 15.8 Å². The summed E-state index contributed by atoms with van der Waals surface area (Å²) in [5.74, 6) is 2.16. The van der Waals surface area contributed by atoms with Gasteiger partial charge in [0.25, 0.3) is 5.56 Å². The van der Waals surface area contributed by atoms with E-state index in [2.05, 4.69) is 52.6 Å². The molecule has 1 aliphatic heterocycles. The van der Waals surface area contributed by atoms with E-state index in [0.717, 1.165) is 73.5 Å². The Morgan fingerprint density at radius 2 is 1.58 bits per heavy atom. The Kier molecular flexibility index (Phi) is 13.7. The van der Waals surface area contributed by atoms with Crippen LogP contribution in [0.15, 0.2) is 144 Å². The van der Waals surface area contributed by atoms with Crippen molar-refractivity contribution >= 4 is 38.0 Å². The van der Waals surface area contributed by atoms with Crippen LogP contribution in [-0.2, 0) is 6.54 Å². The van der Waals surface area contributed by atoms with Gasteiger partial charge in [0, 0.05) is 67.1 Å². The van der Waals surface area contributed by atoms with Crippen molar-refractivity contribution in [3.05, 3.63) is 149 Å². The molecule has 3 aromatic carbocycles. The normalized spacial score (nSPS) is 13.5. The molecular weight excluding hydrogens is 639 g/mol. The van der Waals surface area contributed by atoms with Gasteiger partial charge in [-0.15, -0.1) is 11.3 Å². The topological polar surface area (TPSA) is 46.9 Å². The van der Waals surface area contributed by atoms with E-state index >= 15 is 0 Å². The predicted molar refractivity (Wildman–Crippen MR) is 213 cm³/mol. The number of thiophene rings is 1. The van der Waals surface area contributed by atoms with Crippen molar-refractivity contribution < 1.29 is 9.47 Å². The van der Waals surface area contributed by atoms with Crippen molar-refractivity contribution in [3.63, 3.8) is 0 Å². The SMILES string of the molecule is C=C(/C=C\C)/C=C\C.C=C(CCn1c(=O)ccc2ccc(OCCCCN3CCN(c4cccc5sccc45)CC3)cc21)Oc1ccccc1. The van der Waals surface area contributed by atoms with E-state index in [1.807, 2.05) is 104 Å². The maximum Gasteiger partial charge on any atom is 0.251 e. The largest absolute Gasteiger partial charge is 0.494 e. The summed E-state index contributed by atoms with van der Waals surface area (Å²) in [4.78, 5) is 17.8. The Labute approximate surface area is 300 Å². The zero-order valence-corrected chi connectivity index (χ0v) is 30.2. The second kappa shape index (κ2) is 18.8. The summed E-state index contributed by atoms with van der Waals surface area (Å²) in [5.41, 5.74) is 3.24. The third-order valence-electron chi connectivity index (χ3n) is 8.67. The van der Waals surface area contributed by atoms with Crippen LogP contribution in [0.4, 0.5) is 5.69 Å². The smallest absolute Gasteiger partial charge is 0.251 e. The lowest BCUT2D eigenvalue weighted by Gasteiger charge is -2.36. The first-order valence-corrected chi connectivity index (χ1v) is 18.4. The van der Waals surface area contributed by atoms with E-state index in [0.29, 0.717) is 25.3 Å². The van der Waals surface area contributed by atoms with Gasteiger partial charge in [-0.05, 0) is 98.1 Å². The van der Waals surface area contributed by atoms with Crippen LogP contribution in [0.2, 0.25) is 0 Å². The first-order chi connectivity index (χ1) is 24.4. The fraction of sp³-hybridized carbons (Fsp3) is 0.279. The van der Waals surface area contributed by atoms with E-state index in [9.17, 15) is 4.79 Å². The number of aryl methyl sites for hydroxylation is 1. The monoisotopic (exact) mass is 687 g/mol. The molecule has 0 atom stereocenters. The van der Waals surface area contributed by atoms with Crippen LogP contribution < -0.4 is 19.9 Å². The van der Waals surface area contributed by atoms with E-state index in [4.69, 9.17) is 9.47 Å². The average Bonchev–Trinajstić information content (AvgIpc) is 3.62. The number of aromatic nitrogens is 1. The first-order valence-electron chi connectivity index (χ1n) is 17.5. The number of hydrogen-bond acceptors (Lipinski definition) is 6. The Hall–Kier alpha value is -4.85. The average molecular weight is 688 g/mol. The number of pyridine rings is 1. The van der Waals surface area contributed by atoms with Gasteiger partial charge in [-0.3, -0.25) is 9.69 Å². The van der Waals surface area contributed by atoms with Crippen LogP contribution in [0.3, 0.4) is 0 Å². The maximum atomic E-state index is 12.8. The van der Waals surface area contributed by atoms with E-state index in [1.54, 1.807) is 10.6 Å². The van der Waals surface area contributed by atoms with Crippen molar-refractivity contribution in [2.45, 2.75) is 39.7 Å². The molecule has 0 saturated carbocycles. The number of unbranched alkanes of at least 4 members (excludes halogenated alkanes) is 1. The standard InChI is InChI=1S/C35H37N3O3S.C8H12/c1-27(41-29-8-3-2-4-9-29)16-19-38-33-26-30(14-12-28(33)13-15-35(38)39)40-24-6-5-18-36-20-22-37(23-21-36)32-10-7-11-34-31(32)17-25-42-34;1-4-6-8(3)7-5-2/h2-4,7-15,17,25-26H,1,5-6,16,18-24H2;4-7H,3H2,1-2H3/b;6-4-,7-5-. The zero-order valence-electron chi connectivity index (χ0n) is 29.4. The second-order valence-electron chi connectivity index (χ2n) is 12.3. The third kappa shape index (κ3) is 10.3. The quantitative estimate of drug-likeness (QED) is 0.0661. The highest BCUT2D eigenvalue weighted by Gasteiger charge is 2.18. The number of allylic oxidation sites excluding steroid dienone is 6. The maximum absolute atomic E-state index is 12.8. The van der Waals surface area contributed by atoms with Crippen LogP contribution in [0.5, 0.6) is 11.5 Å². The Balaban J connectivity index is 0.000000544. The number of hydrogen-bond donors (Lipinski definition) is 0. The fourth-order valence-corrected chi connectivity index (χ4v) is 6.92. The molecule has 2 aromatic heterocycles. The van der Waals surface area contributed by atoms with Crippen molar-refractivity contribution in [2.75, 3.05) is 44.2 Å². The highest BCUT2D eigenvalue weighted by atomic mass is 32.1. The molecule has 5 aromatic rings. The predicted octanol–water partition coefficient (Wildman–Crippen LogP) is 9.87. The molecule has 1 saturated heterocycles. The lowest BCUT2D eigenvalue weighted by molar-refractivity contribution is 0.239. The Morgan fingerprint density at radius 1 is 0.820 bits per heavy atom. The molecular formula is C43H49N3O3S. The van der Waals surface area contributed by atoms with Crippen LogP contribution in [0, 0.1) is 0 Å². The summed E-state index contributed by atoms with van der Waals surface area (Å²) in [5, 5.41) is 4.57. The molecule has 0 spiro atoms. The van der Waals surface area contributed by atoms with Crippen LogP contribution >= 0.6 is 11.3 Å². The fourth-order valence-electron chi connectivity index (χ4n) is 6.11. The van der Waals surface area contributed by atoms with E-state index < -0.39 is 0 Å². The van der Waals surface area contributed by atoms with Gasteiger partial charge in [-0.1, -0.05) is 61.7 Å². The minimum atomic E-state index is -0.0423. The number of para-hydroxylation sites is 1. The van der Waals surface area contributed by atoms with E-state index in [-0.39, 0.29) is 5.56 Å². The zero-order chi connectivity index (χ0) is 35.1. The van der Waals surface area contributed by atoms with Crippen LogP contribution in [-0.4, -0.2) is 48.8 Å². The van der Waals surface area contributed by atoms with Crippen molar-refractivity contribution in [3.8, 4) is 11.5 Å². The summed E-state index contributed by atoms with van der Waals surface area (Å²) in [7, 11) is 0. The molecule has 260 valence electrons. The molecule has 7 heteroatoms. The van der Waals surface area contributed by atoms with Gasteiger partial charge >= 0.3 is 0 Å². The van der Waals surface area contributed by atoms with Crippen molar-refractivity contribution in [2.24, 2.45) is 0 Å². The van der Waals surface area contributed by atoms with Gasteiger partial charge < -0.3 is 18.9 Å². The number of ether oxygens (including phenoxy) is 2. The van der Waals surface area contributed by atoms with Gasteiger partial charge in [0.15, 0.2) is 0 Å². The van der Waals surface area contributed by atoms with Crippen LogP contribution in [0.25, 0.3) is 21.0 Å². The molecule has 0 radical (unpaired) electrons. The second-order valence-corrected chi connectivity index (χ2v) is 13.3. The van der Waals surface area contributed by atoms with Gasteiger partial charge in [0.2, 0.25) is 0 Å². The Bertz CT molecular complexity index is 1950. The lowest BCUT2D eigenvalue weighted by atomic mass is 10.2. The molecule has 1 fully saturated rings. The molecule has 0 N–H and O–H groups in total. The minimum absolute atomic E-state index is 0.0423. The Morgan fingerprint density at radius 3 is 2.34 bits per heavy atom. The number of nitrogens with zero attached hydrogens (tertiary/aromatic N) is 3. The van der Waals surface area contributed by atoms with Crippen LogP contribution in [0.1, 0.15) is 33.1 Å². The van der Waals surface area contributed by atoms with Gasteiger partial charge in [0.1, 0.15) is 11.5 Å². The summed E-state index contributed by atoms with van der Waals surface area (Å²) in [6.45, 7) is 18.3. The molecule has 0 aliphatic carbocycles. The minimum Gasteiger partial charge on any atom is -0.494 e. The number of piperazine rings is 1. The lowest BCUT2D eigenvalue weighted by Crippen LogP contribution is -2.46. The number of benzene rings is 3. The third-order valence-corrected chi connectivity index (χ3v) is 9.55.